The normalized spacial score (nSPS) is 11.4. The average molecular weight is 306 g/mol. The number of carbonyl (C=O) groups is 1. The number of hydrogen-bond donors (Lipinski definition) is 1. The number of ketones is 1. The Morgan fingerprint density at radius 3 is 2.48 bits per heavy atom. The van der Waals surface area contributed by atoms with Crippen molar-refractivity contribution in [1.29, 1.82) is 0 Å². The van der Waals surface area contributed by atoms with Crippen molar-refractivity contribution in [2.45, 2.75) is 25.3 Å². The first-order valence-corrected chi connectivity index (χ1v) is 7.90. The van der Waals surface area contributed by atoms with Gasteiger partial charge in [0.2, 0.25) is 5.69 Å². The molecule has 2 rings (SSSR count). The van der Waals surface area contributed by atoms with E-state index in [0.29, 0.717) is 23.4 Å². The lowest BCUT2D eigenvalue weighted by molar-refractivity contribution is -0.682. The first-order valence-electron chi connectivity index (χ1n) is 6.46. The minimum atomic E-state index is -4.34. The quantitative estimate of drug-likeness (QED) is 0.533. The predicted molar refractivity (Wildman–Crippen MR) is 77.6 cm³/mol. The molecule has 21 heavy (non-hydrogen) atoms. The summed E-state index contributed by atoms with van der Waals surface area (Å²) >= 11 is 0. The molecule has 1 aromatic carbocycles. The van der Waals surface area contributed by atoms with Gasteiger partial charge in [0.1, 0.15) is 11.4 Å². The molecule has 5 nitrogen and oxygen atoms in total. The molecule has 0 radical (unpaired) electrons. The molecule has 0 amide bonds. The summed E-state index contributed by atoms with van der Waals surface area (Å²) < 4.78 is 34.2. The summed E-state index contributed by atoms with van der Waals surface area (Å²) in [5.41, 5.74) is 1.42. The lowest BCUT2D eigenvalue weighted by atomic mass is 10.1. The van der Waals surface area contributed by atoms with Crippen molar-refractivity contribution >= 4 is 15.9 Å². The maximum Gasteiger partial charge on any atom is 0.295 e. The molecule has 1 heterocycles. The van der Waals surface area contributed by atoms with Crippen LogP contribution in [-0.2, 0) is 16.7 Å². The van der Waals surface area contributed by atoms with Crippen LogP contribution < -0.4 is 4.57 Å². The van der Waals surface area contributed by atoms with E-state index in [1.54, 1.807) is 30.5 Å². The summed E-state index contributed by atoms with van der Waals surface area (Å²) in [5, 5.41) is 0. The third-order valence-electron chi connectivity index (χ3n) is 3.22. The largest absolute Gasteiger partial charge is 0.295 e. The summed E-state index contributed by atoms with van der Waals surface area (Å²) in [6.45, 7) is 3.96. The number of hydrogen-bond acceptors (Lipinski definition) is 3. The highest BCUT2D eigenvalue weighted by atomic mass is 32.2. The van der Waals surface area contributed by atoms with Crippen molar-refractivity contribution in [3.8, 4) is 11.3 Å². The first kappa shape index (κ1) is 15.3. The maximum absolute atomic E-state index is 11.5. The highest BCUT2D eigenvalue weighted by molar-refractivity contribution is 7.86. The smallest absolute Gasteiger partial charge is 0.295 e. The van der Waals surface area contributed by atoms with Crippen LogP contribution in [0.15, 0.2) is 47.5 Å². The van der Waals surface area contributed by atoms with Crippen LogP contribution in [0.3, 0.4) is 0 Å². The Morgan fingerprint density at radius 2 is 1.90 bits per heavy atom. The molecular weight excluding hydrogens is 290 g/mol. The highest BCUT2D eigenvalue weighted by Gasteiger charge is 2.22. The van der Waals surface area contributed by atoms with Gasteiger partial charge in [0.25, 0.3) is 10.1 Å². The summed E-state index contributed by atoms with van der Waals surface area (Å²) in [5.74, 6) is -0.108. The van der Waals surface area contributed by atoms with Gasteiger partial charge >= 0.3 is 0 Å². The fourth-order valence-corrected chi connectivity index (χ4v) is 2.86. The number of aromatic nitrogens is 1. The Labute approximate surface area is 123 Å². The van der Waals surface area contributed by atoms with Crippen molar-refractivity contribution in [2.75, 3.05) is 0 Å². The minimum absolute atomic E-state index is 0.108. The molecule has 0 atom stereocenters. The number of aryl methyl sites for hydroxylation is 1. The van der Waals surface area contributed by atoms with Crippen LogP contribution in [-0.4, -0.2) is 18.8 Å². The maximum atomic E-state index is 11.5. The standard InChI is InChI=1S/C15H15NO4S/c1-3-16-9-8-12(11(2)17)10-14(16)13-6-4-5-7-15(13)21(18,19)20/h4-10H,3H2,1-2H3/p+1. The van der Waals surface area contributed by atoms with Gasteiger partial charge in [-0.05, 0) is 26.0 Å². The summed E-state index contributed by atoms with van der Waals surface area (Å²) in [4.78, 5) is 11.4. The molecule has 0 fully saturated rings. The Bertz CT molecular complexity index is 797. The van der Waals surface area contributed by atoms with Crippen LogP contribution in [0.2, 0.25) is 0 Å². The third-order valence-corrected chi connectivity index (χ3v) is 4.14. The lowest BCUT2D eigenvalue weighted by Crippen LogP contribution is -2.35. The molecule has 0 saturated carbocycles. The zero-order valence-electron chi connectivity index (χ0n) is 11.8. The van der Waals surface area contributed by atoms with Crippen LogP contribution in [0, 0.1) is 0 Å². The molecule has 110 valence electrons. The fourth-order valence-electron chi connectivity index (χ4n) is 2.16. The Balaban J connectivity index is 2.78. The number of nitrogens with zero attached hydrogens (tertiary/aromatic N) is 1. The SMILES string of the molecule is CC[n+]1ccc(C(C)=O)cc1-c1ccccc1S(=O)(=O)O. The van der Waals surface area contributed by atoms with Gasteiger partial charge in [0.15, 0.2) is 12.0 Å². The van der Waals surface area contributed by atoms with Crippen LogP contribution >= 0.6 is 0 Å². The molecule has 6 heteroatoms. The van der Waals surface area contributed by atoms with Gasteiger partial charge in [0, 0.05) is 17.7 Å². The summed E-state index contributed by atoms with van der Waals surface area (Å²) in [7, 11) is -4.34. The number of Topliss-reactive ketones (excluding diaryl/α,β-unsaturated/α-hetero) is 1. The van der Waals surface area contributed by atoms with Crippen molar-refractivity contribution in [3.63, 3.8) is 0 Å². The second-order valence-corrected chi connectivity index (χ2v) is 6.00. The van der Waals surface area contributed by atoms with Crippen LogP contribution in [0.1, 0.15) is 24.2 Å². The molecule has 0 unspecified atom stereocenters. The monoisotopic (exact) mass is 306 g/mol. The van der Waals surface area contributed by atoms with E-state index in [2.05, 4.69) is 0 Å². The van der Waals surface area contributed by atoms with E-state index in [0.717, 1.165) is 0 Å². The highest BCUT2D eigenvalue weighted by Crippen LogP contribution is 2.25. The second kappa shape index (κ2) is 5.75. The topological polar surface area (TPSA) is 75.3 Å². The second-order valence-electron chi connectivity index (χ2n) is 4.61. The first-order chi connectivity index (χ1) is 9.84. The Hall–Kier alpha value is -2.05. The van der Waals surface area contributed by atoms with Gasteiger partial charge in [-0.3, -0.25) is 9.35 Å². The molecule has 0 saturated heterocycles. The minimum Gasteiger partial charge on any atom is -0.295 e. The average Bonchev–Trinajstić information content (AvgIpc) is 2.45. The Morgan fingerprint density at radius 1 is 1.24 bits per heavy atom. The van der Waals surface area contributed by atoms with Gasteiger partial charge in [0.05, 0.1) is 5.56 Å². The zero-order valence-corrected chi connectivity index (χ0v) is 12.6. The number of benzene rings is 1. The number of carbonyl (C=O) groups excluding carboxylic acids is 1. The zero-order chi connectivity index (χ0) is 15.6. The van der Waals surface area contributed by atoms with E-state index < -0.39 is 10.1 Å². The Kier molecular flexibility index (Phi) is 4.20. The van der Waals surface area contributed by atoms with E-state index in [-0.39, 0.29) is 10.7 Å². The third kappa shape index (κ3) is 3.17. The molecule has 2 aromatic rings. The summed E-state index contributed by atoms with van der Waals surface area (Å²) in [6, 6.07) is 9.49. The molecule has 0 aliphatic carbocycles. The molecule has 1 aromatic heterocycles. The summed E-state index contributed by atoms with van der Waals surface area (Å²) in [6.07, 6.45) is 1.73. The number of pyridine rings is 1. The van der Waals surface area contributed by atoms with E-state index in [9.17, 15) is 17.8 Å². The molecule has 0 spiro atoms. The van der Waals surface area contributed by atoms with Crippen molar-refractivity contribution < 1.29 is 22.3 Å². The molecule has 1 N–H and O–H groups in total. The van der Waals surface area contributed by atoms with Gasteiger partial charge in [-0.2, -0.15) is 13.0 Å². The van der Waals surface area contributed by atoms with Crippen LogP contribution in [0.4, 0.5) is 0 Å². The van der Waals surface area contributed by atoms with Crippen molar-refractivity contribution in [3.05, 3.63) is 48.2 Å². The van der Waals surface area contributed by atoms with Crippen molar-refractivity contribution in [2.24, 2.45) is 0 Å². The van der Waals surface area contributed by atoms with Gasteiger partial charge in [-0.15, -0.1) is 0 Å². The van der Waals surface area contributed by atoms with E-state index >= 15 is 0 Å². The fraction of sp³-hybridized carbons (Fsp3) is 0.200. The van der Waals surface area contributed by atoms with Crippen LogP contribution in [0.5, 0.6) is 0 Å². The lowest BCUT2D eigenvalue weighted by Gasteiger charge is -2.07. The predicted octanol–water partition coefficient (Wildman–Crippen LogP) is 2.11. The van der Waals surface area contributed by atoms with Crippen LogP contribution in [0.25, 0.3) is 11.3 Å². The number of rotatable bonds is 4. The van der Waals surface area contributed by atoms with Crippen molar-refractivity contribution in [1.82, 2.24) is 0 Å². The van der Waals surface area contributed by atoms with E-state index in [1.807, 2.05) is 11.5 Å². The van der Waals surface area contributed by atoms with Gasteiger partial charge < -0.3 is 0 Å². The van der Waals surface area contributed by atoms with Gasteiger partial charge in [-0.1, -0.05) is 12.1 Å². The molecule has 0 aliphatic rings. The molecule has 0 bridgehead atoms. The van der Waals surface area contributed by atoms with E-state index in [4.69, 9.17) is 0 Å². The van der Waals surface area contributed by atoms with Gasteiger partial charge in [-0.25, -0.2) is 0 Å². The molecule has 0 aliphatic heterocycles. The van der Waals surface area contributed by atoms with E-state index in [1.165, 1.54) is 19.1 Å². The molecular formula is C15H16NO4S+.